The van der Waals surface area contributed by atoms with Crippen molar-refractivity contribution in [2.24, 2.45) is 0 Å². The Hall–Kier alpha value is -3.55. The number of hydrogen-bond acceptors (Lipinski definition) is 5. The van der Waals surface area contributed by atoms with Gasteiger partial charge in [-0.05, 0) is 31.0 Å². The molecule has 1 N–H and O–H groups in total. The number of ether oxygens (including phenoxy) is 1. The third-order valence-corrected chi connectivity index (χ3v) is 4.72. The molecule has 3 heterocycles. The van der Waals surface area contributed by atoms with E-state index in [-0.39, 0.29) is 11.5 Å². The molecule has 8 nitrogen and oxygen atoms in total. The van der Waals surface area contributed by atoms with E-state index in [4.69, 9.17) is 9.15 Å². The van der Waals surface area contributed by atoms with Gasteiger partial charge in [0.2, 0.25) is 5.91 Å². The van der Waals surface area contributed by atoms with Gasteiger partial charge in [0.05, 0.1) is 18.4 Å². The number of benzene rings is 1. The summed E-state index contributed by atoms with van der Waals surface area (Å²) in [4.78, 5) is 24.7. The van der Waals surface area contributed by atoms with Gasteiger partial charge in [-0.3, -0.25) is 14.0 Å². The summed E-state index contributed by atoms with van der Waals surface area (Å²) in [7, 11) is 0. The molecule has 4 aromatic rings. The third kappa shape index (κ3) is 4.01. The first-order valence-corrected chi connectivity index (χ1v) is 9.58. The van der Waals surface area contributed by atoms with Crippen LogP contribution in [0.4, 0.5) is 0 Å². The summed E-state index contributed by atoms with van der Waals surface area (Å²) in [6, 6.07) is 11.1. The minimum absolute atomic E-state index is 0.0618. The average Bonchev–Trinajstić information content (AvgIpc) is 3.31. The number of aromatic nitrogens is 3. The first-order chi connectivity index (χ1) is 14.2. The molecule has 4 rings (SSSR count). The van der Waals surface area contributed by atoms with Gasteiger partial charge in [0.1, 0.15) is 17.6 Å². The van der Waals surface area contributed by atoms with Crippen LogP contribution < -0.4 is 15.6 Å². The van der Waals surface area contributed by atoms with Crippen LogP contribution in [0.5, 0.6) is 5.75 Å². The SMILES string of the molecule is CCOc1ccc(CNC(=O)CCCn2ncn3c(cc4occc43)c2=O)cc1. The van der Waals surface area contributed by atoms with Crippen molar-refractivity contribution in [1.82, 2.24) is 19.5 Å². The van der Waals surface area contributed by atoms with E-state index in [2.05, 4.69) is 10.4 Å². The summed E-state index contributed by atoms with van der Waals surface area (Å²) in [6.07, 6.45) is 4.02. The second-order valence-corrected chi connectivity index (χ2v) is 6.69. The molecule has 0 bridgehead atoms. The number of amides is 1. The molecule has 1 aromatic carbocycles. The fraction of sp³-hybridized carbons (Fsp3) is 0.286. The van der Waals surface area contributed by atoms with Gasteiger partial charge in [-0.25, -0.2) is 4.68 Å². The van der Waals surface area contributed by atoms with Crippen molar-refractivity contribution in [2.45, 2.75) is 32.9 Å². The smallest absolute Gasteiger partial charge is 0.291 e. The molecule has 0 saturated carbocycles. The Morgan fingerprint density at radius 3 is 2.83 bits per heavy atom. The van der Waals surface area contributed by atoms with Crippen molar-refractivity contribution in [1.29, 1.82) is 0 Å². The standard InChI is InChI=1S/C21H22N4O4/c1-2-28-16-7-5-15(6-8-16)13-22-20(26)4-3-10-25-21(27)18-12-19-17(9-11-29-19)24(18)14-23-25/h5-9,11-12,14H,2-4,10,13H2,1H3,(H,22,26). The first-order valence-electron chi connectivity index (χ1n) is 9.58. The minimum atomic E-state index is -0.200. The molecule has 0 atom stereocenters. The molecule has 1 amide bonds. The normalized spacial score (nSPS) is 11.2. The van der Waals surface area contributed by atoms with Crippen molar-refractivity contribution in [2.75, 3.05) is 6.61 Å². The molecule has 0 aliphatic carbocycles. The van der Waals surface area contributed by atoms with E-state index in [1.807, 2.05) is 31.2 Å². The number of fused-ring (bicyclic) bond motifs is 3. The number of aryl methyl sites for hydroxylation is 1. The third-order valence-electron chi connectivity index (χ3n) is 4.72. The summed E-state index contributed by atoms with van der Waals surface area (Å²) in [6.45, 7) is 3.39. The lowest BCUT2D eigenvalue weighted by atomic mass is 10.2. The molecule has 150 valence electrons. The maximum atomic E-state index is 12.6. The Balaban J connectivity index is 1.29. The van der Waals surface area contributed by atoms with Gasteiger partial charge in [-0.15, -0.1) is 0 Å². The van der Waals surface area contributed by atoms with E-state index in [0.717, 1.165) is 16.8 Å². The summed E-state index contributed by atoms with van der Waals surface area (Å²) >= 11 is 0. The lowest BCUT2D eigenvalue weighted by Gasteiger charge is -2.08. The molecule has 0 radical (unpaired) electrons. The second-order valence-electron chi connectivity index (χ2n) is 6.69. The van der Waals surface area contributed by atoms with E-state index in [1.165, 1.54) is 4.68 Å². The van der Waals surface area contributed by atoms with Crippen LogP contribution in [0.2, 0.25) is 0 Å². The molecule has 0 aliphatic heterocycles. The Morgan fingerprint density at radius 1 is 1.21 bits per heavy atom. The number of carbonyl (C=O) groups excluding carboxylic acids is 1. The van der Waals surface area contributed by atoms with Crippen molar-refractivity contribution in [3.63, 3.8) is 0 Å². The number of rotatable bonds is 8. The van der Waals surface area contributed by atoms with Crippen molar-refractivity contribution in [3.05, 3.63) is 64.9 Å². The molecule has 29 heavy (non-hydrogen) atoms. The van der Waals surface area contributed by atoms with Crippen molar-refractivity contribution in [3.8, 4) is 5.75 Å². The molecular formula is C21H22N4O4. The van der Waals surface area contributed by atoms with Gasteiger partial charge in [-0.1, -0.05) is 12.1 Å². The molecule has 0 aliphatic rings. The van der Waals surface area contributed by atoms with Crippen LogP contribution in [-0.2, 0) is 17.9 Å². The second kappa shape index (κ2) is 8.22. The van der Waals surface area contributed by atoms with Gasteiger partial charge in [0.15, 0.2) is 5.58 Å². The maximum absolute atomic E-state index is 12.6. The Kier molecular flexibility index (Phi) is 5.33. The largest absolute Gasteiger partial charge is 0.494 e. The van der Waals surface area contributed by atoms with Crippen LogP contribution in [0.3, 0.4) is 0 Å². The van der Waals surface area contributed by atoms with Gasteiger partial charge >= 0.3 is 0 Å². The van der Waals surface area contributed by atoms with Crippen LogP contribution in [0.1, 0.15) is 25.3 Å². The summed E-state index contributed by atoms with van der Waals surface area (Å²) in [5, 5.41) is 7.10. The van der Waals surface area contributed by atoms with Crippen LogP contribution in [0.15, 0.2) is 58.2 Å². The quantitative estimate of drug-likeness (QED) is 0.496. The van der Waals surface area contributed by atoms with Crippen LogP contribution >= 0.6 is 0 Å². The molecule has 0 unspecified atom stereocenters. The molecule has 0 fully saturated rings. The van der Waals surface area contributed by atoms with Crippen LogP contribution in [0.25, 0.3) is 16.6 Å². The van der Waals surface area contributed by atoms with Gasteiger partial charge in [0, 0.05) is 31.6 Å². The summed E-state index contributed by atoms with van der Waals surface area (Å²) in [5.41, 5.74) is 2.77. The predicted molar refractivity (Wildman–Crippen MR) is 108 cm³/mol. The number of nitrogens with zero attached hydrogens (tertiary/aromatic N) is 3. The summed E-state index contributed by atoms with van der Waals surface area (Å²) < 4.78 is 13.8. The van der Waals surface area contributed by atoms with E-state index in [1.54, 1.807) is 29.1 Å². The molecule has 3 aromatic heterocycles. The fourth-order valence-corrected chi connectivity index (χ4v) is 3.24. The van der Waals surface area contributed by atoms with E-state index in [9.17, 15) is 9.59 Å². The lowest BCUT2D eigenvalue weighted by molar-refractivity contribution is -0.121. The van der Waals surface area contributed by atoms with Crippen LogP contribution in [0, 0.1) is 0 Å². The van der Waals surface area contributed by atoms with Crippen molar-refractivity contribution < 1.29 is 13.9 Å². The highest BCUT2D eigenvalue weighted by atomic mass is 16.5. The summed E-state index contributed by atoms with van der Waals surface area (Å²) in [5.74, 6) is 0.751. The Bertz CT molecular complexity index is 1190. The monoisotopic (exact) mass is 394 g/mol. The van der Waals surface area contributed by atoms with Gasteiger partial charge < -0.3 is 14.5 Å². The zero-order chi connectivity index (χ0) is 20.2. The van der Waals surface area contributed by atoms with E-state index >= 15 is 0 Å². The fourth-order valence-electron chi connectivity index (χ4n) is 3.24. The number of hydrogen-bond donors (Lipinski definition) is 1. The van der Waals surface area contributed by atoms with Crippen molar-refractivity contribution >= 4 is 22.5 Å². The lowest BCUT2D eigenvalue weighted by Crippen LogP contribution is -2.26. The Labute approximate surface area is 166 Å². The van der Waals surface area contributed by atoms with E-state index < -0.39 is 0 Å². The highest BCUT2D eigenvalue weighted by molar-refractivity contribution is 5.81. The minimum Gasteiger partial charge on any atom is -0.494 e. The molecular weight excluding hydrogens is 372 g/mol. The first kappa shape index (κ1) is 18.8. The maximum Gasteiger partial charge on any atom is 0.291 e. The number of nitrogens with one attached hydrogen (secondary N) is 1. The van der Waals surface area contributed by atoms with Gasteiger partial charge in [-0.2, -0.15) is 5.10 Å². The zero-order valence-electron chi connectivity index (χ0n) is 16.1. The Morgan fingerprint density at radius 2 is 2.03 bits per heavy atom. The average molecular weight is 394 g/mol. The number of carbonyl (C=O) groups is 1. The molecule has 0 spiro atoms. The zero-order valence-corrected chi connectivity index (χ0v) is 16.1. The number of furan rings is 1. The molecule has 0 saturated heterocycles. The van der Waals surface area contributed by atoms with Crippen LogP contribution in [-0.4, -0.2) is 26.7 Å². The van der Waals surface area contributed by atoms with E-state index in [0.29, 0.717) is 43.6 Å². The highest BCUT2D eigenvalue weighted by Crippen LogP contribution is 2.18. The topological polar surface area (TPSA) is 90.8 Å². The van der Waals surface area contributed by atoms with Gasteiger partial charge in [0.25, 0.3) is 5.56 Å². The highest BCUT2D eigenvalue weighted by Gasteiger charge is 2.11. The predicted octanol–water partition coefficient (Wildman–Crippen LogP) is 2.74. The molecule has 8 heteroatoms.